The van der Waals surface area contributed by atoms with Crippen LogP contribution in [0.15, 0.2) is 21.3 Å². The molecule has 11 nitrogen and oxygen atoms in total. The second kappa shape index (κ2) is 8.96. The Morgan fingerprint density at radius 2 is 1.23 bits per heavy atom. The van der Waals surface area contributed by atoms with E-state index in [0.29, 0.717) is 24.2 Å². The fraction of sp³-hybridized carbons (Fsp3) is 0.639. The molecule has 0 spiro atoms. The van der Waals surface area contributed by atoms with Crippen molar-refractivity contribution in [2.24, 2.45) is 21.7 Å². The maximum atomic E-state index is 14.5. The topological polar surface area (TPSA) is 145 Å². The van der Waals surface area contributed by atoms with Gasteiger partial charge >= 0.3 is 23.9 Å². The Labute approximate surface area is 272 Å². The molecule has 47 heavy (non-hydrogen) atoms. The number of carbonyl (C=O) groups is 4. The minimum Gasteiger partial charge on any atom is -0.483 e. The zero-order chi connectivity index (χ0) is 34.5. The van der Waals surface area contributed by atoms with E-state index >= 15 is 0 Å². The third-order valence-electron chi connectivity index (χ3n) is 13.4. The Hall–Kier alpha value is -3.89. The van der Waals surface area contributed by atoms with Gasteiger partial charge in [0.25, 0.3) is 0 Å². The standard InChI is InChI=1S/C36H42O11/c1-17-18(2)42-23-19(22(17)37)11-12-20-21(23)24(43-28(40)35-15-13-33(9,26(38)46-35)31(35,5)6)25(30(3,4)45-20)44-29(41)36-16-14-34(10,27(39)47-36)32(36,7)8/h11-12,24-25H,13-16H2,1-10H3/t24-,25-,33?,34?,35?,36?/m1/s1. The number of esters is 4. The molecule has 5 aliphatic rings. The van der Waals surface area contributed by atoms with Crippen molar-refractivity contribution < 1.29 is 47.3 Å². The van der Waals surface area contributed by atoms with Gasteiger partial charge in [-0.25, -0.2) is 9.59 Å². The number of aryl methyl sites for hydroxylation is 1. The monoisotopic (exact) mass is 650 g/mol. The number of hydrogen-bond acceptors (Lipinski definition) is 11. The van der Waals surface area contributed by atoms with Crippen LogP contribution in [0.2, 0.25) is 0 Å². The molecule has 4 heterocycles. The smallest absolute Gasteiger partial charge is 0.351 e. The first kappa shape index (κ1) is 31.7. The van der Waals surface area contributed by atoms with Crippen LogP contribution in [0.4, 0.5) is 0 Å². The van der Waals surface area contributed by atoms with Gasteiger partial charge in [-0.3, -0.25) is 14.4 Å². The first-order chi connectivity index (χ1) is 21.6. The minimum absolute atomic E-state index is 0.126. The molecule has 0 amide bonds. The van der Waals surface area contributed by atoms with Gasteiger partial charge in [0, 0.05) is 16.4 Å². The van der Waals surface area contributed by atoms with Gasteiger partial charge in [-0.05, 0) is 79.4 Å². The van der Waals surface area contributed by atoms with Crippen molar-refractivity contribution in [3.8, 4) is 5.75 Å². The van der Waals surface area contributed by atoms with E-state index in [-0.39, 0.29) is 40.6 Å². The van der Waals surface area contributed by atoms with E-state index in [4.69, 9.17) is 28.1 Å². The van der Waals surface area contributed by atoms with Crippen molar-refractivity contribution in [1.82, 2.24) is 0 Å². The van der Waals surface area contributed by atoms with Crippen LogP contribution in [0.1, 0.15) is 104 Å². The van der Waals surface area contributed by atoms with E-state index in [1.54, 1.807) is 53.7 Å². The van der Waals surface area contributed by atoms with E-state index in [2.05, 4.69) is 0 Å². The Balaban J connectivity index is 1.38. The molecule has 3 aliphatic heterocycles. The molecule has 4 fully saturated rings. The van der Waals surface area contributed by atoms with E-state index in [1.807, 2.05) is 27.7 Å². The molecule has 0 N–H and O–H groups in total. The summed E-state index contributed by atoms with van der Waals surface area (Å²) >= 11 is 0. The van der Waals surface area contributed by atoms with Crippen molar-refractivity contribution in [3.63, 3.8) is 0 Å². The summed E-state index contributed by atoms with van der Waals surface area (Å²) in [6.07, 6.45) is -1.28. The SMILES string of the molecule is Cc1oc2c3c(ccc2c(=O)c1C)OC(C)(C)[C@H](OC(=O)C12CCC(C)(C(=O)O1)C2(C)C)[C@@H]3OC(=O)C12CCC(C)(C(=O)O1)C2(C)C. The number of fused-ring (bicyclic) bond motifs is 7. The van der Waals surface area contributed by atoms with Crippen LogP contribution in [0.3, 0.4) is 0 Å². The number of hydrogen-bond donors (Lipinski definition) is 0. The quantitative estimate of drug-likeness (QED) is 0.313. The molecule has 2 saturated carbocycles. The minimum atomic E-state index is -1.59. The molecule has 2 aliphatic carbocycles. The average Bonchev–Trinajstić information content (AvgIpc) is 3.45. The Bertz CT molecular complexity index is 1880. The van der Waals surface area contributed by atoms with Crippen molar-refractivity contribution in [1.29, 1.82) is 0 Å². The zero-order valence-electron chi connectivity index (χ0n) is 28.6. The van der Waals surface area contributed by atoms with E-state index in [0.717, 1.165) is 0 Å². The Morgan fingerprint density at radius 1 is 0.723 bits per heavy atom. The lowest BCUT2D eigenvalue weighted by Gasteiger charge is -2.45. The van der Waals surface area contributed by atoms with Gasteiger partial charge in [-0.1, -0.05) is 27.7 Å². The maximum Gasteiger partial charge on any atom is 0.351 e. The fourth-order valence-electron chi connectivity index (χ4n) is 8.83. The lowest BCUT2D eigenvalue weighted by Crippen LogP contribution is -2.57. The largest absolute Gasteiger partial charge is 0.483 e. The molecule has 4 unspecified atom stereocenters. The lowest BCUT2D eigenvalue weighted by atomic mass is 9.66. The van der Waals surface area contributed by atoms with Crippen molar-refractivity contribution in [2.75, 3.05) is 0 Å². The summed E-state index contributed by atoms with van der Waals surface area (Å²) < 4.78 is 37.1. The van der Waals surface area contributed by atoms with E-state index < -0.39 is 74.5 Å². The first-order valence-corrected chi connectivity index (χ1v) is 16.3. The summed E-state index contributed by atoms with van der Waals surface area (Å²) in [4.78, 5) is 68.4. The number of carbonyl (C=O) groups excluding carboxylic acids is 4. The molecular formula is C36H42O11. The third-order valence-corrected chi connectivity index (χ3v) is 13.4. The molecule has 2 saturated heterocycles. The summed E-state index contributed by atoms with van der Waals surface area (Å²) in [5.74, 6) is -1.89. The van der Waals surface area contributed by atoms with Gasteiger partial charge in [0.1, 0.15) is 22.7 Å². The summed E-state index contributed by atoms with van der Waals surface area (Å²) in [5, 5.41) is 0.233. The third kappa shape index (κ3) is 3.45. The van der Waals surface area contributed by atoms with Crippen LogP contribution in [0.25, 0.3) is 11.0 Å². The summed E-state index contributed by atoms with van der Waals surface area (Å²) in [6.45, 7) is 17.6. The second-order valence-electron chi connectivity index (χ2n) is 16.2. The number of ether oxygens (including phenoxy) is 5. The average molecular weight is 651 g/mol. The molecular weight excluding hydrogens is 608 g/mol. The van der Waals surface area contributed by atoms with Gasteiger partial charge in [0.15, 0.2) is 17.6 Å². The normalized spacial score (nSPS) is 36.8. The van der Waals surface area contributed by atoms with Crippen LogP contribution >= 0.6 is 0 Å². The van der Waals surface area contributed by atoms with Gasteiger partial charge in [-0.15, -0.1) is 0 Å². The first-order valence-electron chi connectivity index (χ1n) is 16.3. The van der Waals surface area contributed by atoms with Crippen molar-refractivity contribution >= 4 is 34.8 Å². The molecule has 1 aromatic heterocycles. The molecule has 6 atom stereocenters. The lowest BCUT2D eigenvalue weighted by molar-refractivity contribution is -0.217. The number of benzene rings is 1. The van der Waals surface area contributed by atoms with E-state index in [9.17, 15) is 24.0 Å². The highest BCUT2D eigenvalue weighted by Gasteiger charge is 2.78. The van der Waals surface area contributed by atoms with Gasteiger partial charge < -0.3 is 28.1 Å². The number of rotatable bonds is 4. The molecule has 4 bridgehead atoms. The van der Waals surface area contributed by atoms with Gasteiger partial charge in [0.05, 0.1) is 21.8 Å². The molecule has 1 aromatic carbocycles. The molecule has 7 rings (SSSR count). The summed E-state index contributed by atoms with van der Waals surface area (Å²) in [6, 6.07) is 3.20. The highest BCUT2D eigenvalue weighted by molar-refractivity contribution is 5.95. The molecule has 0 radical (unpaired) electrons. The fourth-order valence-corrected chi connectivity index (χ4v) is 8.83. The molecule has 2 aromatic rings. The summed E-state index contributed by atoms with van der Waals surface area (Å²) in [5.41, 5.74) is -7.57. The van der Waals surface area contributed by atoms with Crippen LogP contribution in [-0.4, -0.2) is 46.8 Å². The predicted molar refractivity (Wildman–Crippen MR) is 165 cm³/mol. The Kier molecular flexibility index (Phi) is 6.04. The Morgan fingerprint density at radius 3 is 1.70 bits per heavy atom. The van der Waals surface area contributed by atoms with Crippen molar-refractivity contribution in [2.45, 2.75) is 124 Å². The van der Waals surface area contributed by atoms with Gasteiger partial charge in [0.2, 0.25) is 11.2 Å². The van der Waals surface area contributed by atoms with Gasteiger partial charge in [-0.2, -0.15) is 0 Å². The zero-order valence-corrected chi connectivity index (χ0v) is 28.6. The maximum absolute atomic E-state index is 14.5. The van der Waals surface area contributed by atoms with Crippen LogP contribution < -0.4 is 10.2 Å². The van der Waals surface area contributed by atoms with Crippen LogP contribution in [-0.2, 0) is 38.1 Å². The highest BCUT2D eigenvalue weighted by atomic mass is 16.7. The van der Waals surface area contributed by atoms with Crippen molar-refractivity contribution in [3.05, 3.63) is 39.2 Å². The molecule has 11 heteroatoms. The summed E-state index contributed by atoms with van der Waals surface area (Å²) in [7, 11) is 0. The van der Waals surface area contributed by atoms with Crippen LogP contribution in [0, 0.1) is 35.5 Å². The van der Waals surface area contributed by atoms with E-state index in [1.165, 1.54) is 0 Å². The second-order valence-corrected chi connectivity index (χ2v) is 16.2. The van der Waals surface area contributed by atoms with Crippen LogP contribution in [0.5, 0.6) is 5.75 Å². The molecule has 252 valence electrons. The predicted octanol–water partition coefficient (Wildman–Crippen LogP) is 5.32. The highest BCUT2D eigenvalue weighted by Crippen LogP contribution is 2.67.